The molecule has 4 heteroatoms. The topological polar surface area (TPSA) is 39.7 Å². The Labute approximate surface area is 104 Å². The first-order valence-corrected chi connectivity index (χ1v) is 5.92. The first-order valence-electron chi connectivity index (χ1n) is 5.92. The Morgan fingerprint density at radius 1 is 1.29 bits per heavy atom. The second kappa shape index (κ2) is 7.54. The van der Waals surface area contributed by atoms with Crippen LogP contribution in [0.15, 0.2) is 35.3 Å². The van der Waals surface area contributed by atoms with Crippen LogP contribution >= 0.6 is 0 Å². The number of guanidine groups is 1. The van der Waals surface area contributed by atoms with Crippen molar-refractivity contribution in [2.24, 2.45) is 4.99 Å². The first kappa shape index (κ1) is 13.4. The summed E-state index contributed by atoms with van der Waals surface area (Å²) in [6, 6.07) is 10.4. The summed E-state index contributed by atoms with van der Waals surface area (Å²) in [4.78, 5) is 6.32. The summed E-state index contributed by atoms with van der Waals surface area (Å²) in [5.74, 6) is 0.840. The van der Waals surface area contributed by atoms with Crippen LogP contribution in [0.1, 0.15) is 6.42 Å². The maximum atomic E-state index is 4.06. The normalized spacial score (nSPS) is 11.1. The van der Waals surface area contributed by atoms with Crippen LogP contribution in [0.25, 0.3) is 0 Å². The summed E-state index contributed by atoms with van der Waals surface area (Å²) in [5, 5.41) is 6.23. The van der Waals surface area contributed by atoms with Crippen molar-refractivity contribution in [3.8, 4) is 0 Å². The van der Waals surface area contributed by atoms with E-state index >= 15 is 0 Å². The lowest BCUT2D eigenvalue weighted by molar-refractivity contribution is 0.741. The molecule has 94 valence electrons. The van der Waals surface area contributed by atoms with Crippen LogP contribution in [0.5, 0.6) is 0 Å². The highest BCUT2D eigenvalue weighted by Crippen LogP contribution is 2.10. The molecule has 0 fully saturated rings. The van der Waals surface area contributed by atoms with Crippen LogP contribution in [-0.2, 0) is 0 Å². The average Bonchev–Trinajstić information content (AvgIpc) is 2.40. The van der Waals surface area contributed by atoms with Crippen molar-refractivity contribution >= 4 is 11.6 Å². The van der Waals surface area contributed by atoms with E-state index in [1.807, 2.05) is 13.1 Å². The van der Waals surface area contributed by atoms with Gasteiger partial charge >= 0.3 is 0 Å². The minimum atomic E-state index is 0.840. The lowest BCUT2D eigenvalue weighted by Crippen LogP contribution is -2.36. The Morgan fingerprint density at radius 3 is 2.59 bits per heavy atom. The first-order chi connectivity index (χ1) is 8.27. The van der Waals surface area contributed by atoms with Crippen molar-refractivity contribution < 1.29 is 0 Å². The lowest BCUT2D eigenvalue weighted by Gasteiger charge is -2.19. The summed E-state index contributed by atoms with van der Waals surface area (Å²) < 4.78 is 0. The molecule has 0 saturated heterocycles. The third-order valence-electron chi connectivity index (χ3n) is 2.62. The van der Waals surface area contributed by atoms with Crippen LogP contribution < -0.4 is 15.5 Å². The van der Waals surface area contributed by atoms with Gasteiger partial charge in [0, 0.05) is 39.9 Å². The smallest absolute Gasteiger partial charge is 0.190 e. The summed E-state index contributed by atoms with van der Waals surface area (Å²) in [6.45, 7) is 1.95. The van der Waals surface area contributed by atoms with E-state index in [4.69, 9.17) is 0 Å². The molecule has 0 aliphatic heterocycles. The average molecular weight is 234 g/mol. The predicted octanol–water partition coefficient (Wildman–Crippen LogP) is 1.31. The van der Waals surface area contributed by atoms with E-state index < -0.39 is 0 Å². The molecule has 1 rings (SSSR count). The highest BCUT2D eigenvalue weighted by molar-refractivity contribution is 5.79. The second-order valence-electron chi connectivity index (χ2n) is 3.86. The van der Waals surface area contributed by atoms with Gasteiger partial charge < -0.3 is 15.5 Å². The van der Waals surface area contributed by atoms with Crippen LogP contribution in [0.3, 0.4) is 0 Å². The van der Waals surface area contributed by atoms with Crippen LogP contribution in [0.2, 0.25) is 0 Å². The quantitative estimate of drug-likeness (QED) is 0.458. The van der Waals surface area contributed by atoms with Crippen molar-refractivity contribution in [2.45, 2.75) is 6.42 Å². The molecule has 0 heterocycles. The largest absolute Gasteiger partial charge is 0.375 e. The Bertz CT molecular complexity index is 335. The Hall–Kier alpha value is -1.71. The maximum absolute atomic E-state index is 4.06. The molecular weight excluding hydrogens is 212 g/mol. The Morgan fingerprint density at radius 2 is 2.00 bits per heavy atom. The minimum Gasteiger partial charge on any atom is -0.375 e. The molecule has 4 nitrogen and oxygen atoms in total. The number of nitrogens with zero attached hydrogens (tertiary/aromatic N) is 2. The highest BCUT2D eigenvalue weighted by Gasteiger charge is 1.99. The van der Waals surface area contributed by atoms with Gasteiger partial charge in [0.25, 0.3) is 0 Å². The van der Waals surface area contributed by atoms with Gasteiger partial charge in [0.15, 0.2) is 5.96 Å². The number of nitrogens with one attached hydrogen (secondary N) is 2. The predicted molar refractivity (Wildman–Crippen MR) is 74.8 cm³/mol. The van der Waals surface area contributed by atoms with E-state index in [0.717, 1.165) is 25.5 Å². The summed E-state index contributed by atoms with van der Waals surface area (Å²) in [7, 11) is 5.75. The monoisotopic (exact) mass is 234 g/mol. The van der Waals surface area contributed by atoms with Crippen LogP contribution in [0.4, 0.5) is 5.69 Å². The molecule has 0 amide bonds. The zero-order chi connectivity index (χ0) is 12.5. The number of hydrogen-bond donors (Lipinski definition) is 2. The van der Waals surface area contributed by atoms with Gasteiger partial charge in [-0.15, -0.1) is 0 Å². The SMILES string of the molecule is CN=C(NC)NCCCN(C)c1ccccc1. The molecule has 1 aromatic carbocycles. The summed E-state index contributed by atoms with van der Waals surface area (Å²) >= 11 is 0. The van der Waals surface area contributed by atoms with Gasteiger partial charge in [-0.1, -0.05) is 18.2 Å². The van der Waals surface area contributed by atoms with Gasteiger partial charge in [-0.25, -0.2) is 0 Å². The molecule has 0 aliphatic rings. The highest BCUT2D eigenvalue weighted by atomic mass is 15.2. The van der Waals surface area contributed by atoms with Gasteiger partial charge in [-0.2, -0.15) is 0 Å². The standard InChI is InChI=1S/C13H22N4/c1-14-13(15-2)16-10-7-11-17(3)12-8-5-4-6-9-12/h4-6,8-9H,7,10-11H2,1-3H3,(H2,14,15,16). The number of aliphatic imine (C=N–C) groups is 1. The van der Waals surface area contributed by atoms with Crippen molar-refractivity contribution in [3.05, 3.63) is 30.3 Å². The van der Waals surface area contributed by atoms with Gasteiger partial charge in [-0.05, 0) is 18.6 Å². The molecule has 0 aliphatic carbocycles. The van der Waals surface area contributed by atoms with Gasteiger partial charge in [0.2, 0.25) is 0 Å². The van der Waals surface area contributed by atoms with Gasteiger partial charge in [-0.3, -0.25) is 4.99 Å². The Kier molecular flexibility index (Phi) is 5.93. The molecule has 1 aromatic rings. The summed E-state index contributed by atoms with van der Waals surface area (Å²) in [5.41, 5.74) is 1.26. The van der Waals surface area contributed by atoms with Crippen LogP contribution in [0, 0.1) is 0 Å². The fraction of sp³-hybridized carbons (Fsp3) is 0.462. The van der Waals surface area contributed by atoms with E-state index in [9.17, 15) is 0 Å². The maximum Gasteiger partial charge on any atom is 0.190 e. The number of anilines is 1. The van der Waals surface area contributed by atoms with E-state index in [1.54, 1.807) is 7.05 Å². The molecule has 0 bridgehead atoms. The number of para-hydroxylation sites is 1. The number of benzene rings is 1. The third-order valence-corrected chi connectivity index (χ3v) is 2.62. The zero-order valence-electron chi connectivity index (χ0n) is 10.9. The molecule has 0 atom stereocenters. The van der Waals surface area contributed by atoms with E-state index in [-0.39, 0.29) is 0 Å². The summed E-state index contributed by atoms with van der Waals surface area (Å²) in [6.07, 6.45) is 1.08. The molecule has 0 spiro atoms. The minimum absolute atomic E-state index is 0.840. The molecule has 0 saturated carbocycles. The van der Waals surface area contributed by atoms with Gasteiger partial charge in [0.05, 0.1) is 0 Å². The fourth-order valence-electron chi connectivity index (χ4n) is 1.61. The zero-order valence-corrected chi connectivity index (χ0v) is 10.9. The van der Waals surface area contributed by atoms with Crippen LogP contribution in [-0.4, -0.2) is 40.2 Å². The number of hydrogen-bond acceptors (Lipinski definition) is 2. The molecule has 0 radical (unpaired) electrons. The van der Waals surface area contributed by atoms with E-state index in [1.165, 1.54) is 5.69 Å². The van der Waals surface area contributed by atoms with E-state index in [2.05, 4.69) is 51.8 Å². The molecule has 17 heavy (non-hydrogen) atoms. The van der Waals surface area contributed by atoms with Gasteiger partial charge in [0.1, 0.15) is 0 Å². The molecule has 0 aromatic heterocycles. The van der Waals surface area contributed by atoms with E-state index in [0.29, 0.717) is 0 Å². The molecule has 0 unspecified atom stereocenters. The lowest BCUT2D eigenvalue weighted by atomic mass is 10.3. The van der Waals surface area contributed by atoms with Crippen molar-refractivity contribution in [1.82, 2.24) is 10.6 Å². The molecule has 2 N–H and O–H groups in total. The van der Waals surface area contributed by atoms with Crippen molar-refractivity contribution in [1.29, 1.82) is 0 Å². The van der Waals surface area contributed by atoms with Crippen molar-refractivity contribution in [2.75, 3.05) is 39.1 Å². The molecular formula is C13H22N4. The number of rotatable bonds is 5. The third kappa shape index (κ3) is 4.76. The fourth-order valence-corrected chi connectivity index (χ4v) is 1.61. The second-order valence-corrected chi connectivity index (χ2v) is 3.86. The van der Waals surface area contributed by atoms with Crippen molar-refractivity contribution in [3.63, 3.8) is 0 Å². The Balaban J connectivity index is 2.23.